The first-order valence-electron chi connectivity index (χ1n) is 8.20. The van der Waals surface area contributed by atoms with Crippen LogP contribution in [-0.2, 0) is 4.79 Å². The number of anilines is 1. The second-order valence-corrected chi connectivity index (χ2v) is 6.35. The van der Waals surface area contributed by atoms with Gasteiger partial charge in [-0.1, -0.05) is 26.2 Å². The first-order chi connectivity index (χ1) is 10.1. The van der Waals surface area contributed by atoms with E-state index in [4.69, 9.17) is 0 Å². The molecular weight excluding hydrogens is 262 g/mol. The average Bonchev–Trinajstić information content (AvgIpc) is 2.48. The molecule has 1 saturated carbocycles. The molecule has 1 aliphatic carbocycles. The van der Waals surface area contributed by atoms with E-state index in [-0.39, 0.29) is 17.6 Å². The Morgan fingerprint density at radius 2 is 2.00 bits per heavy atom. The number of carbonyl (C=O) groups is 1. The van der Waals surface area contributed by atoms with Crippen molar-refractivity contribution in [1.29, 1.82) is 0 Å². The molecule has 0 unspecified atom stereocenters. The van der Waals surface area contributed by atoms with Crippen LogP contribution in [0, 0.1) is 18.8 Å². The second-order valence-electron chi connectivity index (χ2n) is 6.35. The molecule has 21 heavy (non-hydrogen) atoms. The van der Waals surface area contributed by atoms with Gasteiger partial charge in [0, 0.05) is 11.6 Å². The van der Waals surface area contributed by atoms with E-state index < -0.39 is 0 Å². The number of hydrogen-bond donors (Lipinski definition) is 2. The Hall–Kier alpha value is -1.51. The van der Waals surface area contributed by atoms with Crippen LogP contribution in [0.5, 0.6) is 5.75 Å². The van der Waals surface area contributed by atoms with Gasteiger partial charge in [0.05, 0.1) is 0 Å². The summed E-state index contributed by atoms with van der Waals surface area (Å²) >= 11 is 0. The molecule has 0 radical (unpaired) electrons. The molecule has 2 rings (SSSR count). The first-order valence-corrected chi connectivity index (χ1v) is 8.20. The van der Waals surface area contributed by atoms with Gasteiger partial charge in [0.25, 0.3) is 0 Å². The highest BCUT2D eigenvalue weighted by molar-refractivity contribution is 5.93. The van der Waals surface area contributed by atoms with Gasteiger partial charge in [-0.05, 0) is 62.3 Å². The molecule has 1 fully saturated rings. The number of nitrogens with one attached hydrogen (secondary N) is 1. The van der Waals surface area contributed by atoms with Crippen LogP contribution in [0.15, 0.2) is 18.2 Å². The van der Waals surface area contributed by atoms with Crippen molar-refractivity contribution in [3.05, 3.63) is 23.8 Å². The fraction of sp³-hybridized carbons (Fsp3) is 0.611. The Kier molecular flexibility index (Phi) is 5.66. The maximum Gasteiger partial charge on any atom is 0.227 e. The van der Waals surface area contributed by atoms with E-state index >= 15 is 0 Å². The molecule has 116 valence electrons. The van der Waals surface area contributed by atoms with Crippen LogP contribution in [0.4, 0.5) is 5.69 Å². The number of aromatic hydroxyl groups is 1. The number of benzene rings is 1. The van der Waals surface area contributed by atoms with Crippen LogP contribution in [0.1, 0.15) is 57.4 Å². The Bertz CT molecular complexity index is 476. The van der Waals surface area contributed by atoms with E-state index in [2.05, 4.69) is 12.2 Å². The lowest BCUT2D eigenvalue weighted by molar-refractivity contribution is -0.121. The summed E-state index contributed by atoms with van der Waals surface area (Å²) in [6.07, 6.45) is 8.30. The van der Waals surface area contributed by atoms with Gasteiger partial charge >= 0.3 is 0 Å². The van der Waals surface area contributed by atoms with Crippen LogP contribution in [-0.4, -0.2) is 11.0 Å². The minimum absolute atomic E-state index is 0.137. The molecule has 0 atom stereocenters. The molecular formula is C18H27NO2. The Balaban J connectivity index is 1.84. The highest BCUT2D eigenvalue weighted by atomic mass is 16.3. The quantitative estimate of drug-likeness (QED) is 0.776. The van der Waals surface area contributed by atoms with Crippen LogP contribution in [0.2, 0.25) is 0 Å². The molecule has 0 spiro atoms. The number of phenolic OH excluding ortho intramolecular Hbond substituents is 1. The molecule has 1 aromatic rings. The first kappa shape index (κ1) is 15.9. The Morgan fingerprint density at radius 1 is 1.29 bits per heavy atom. The molecule has 1 aromatic carbocycles. The fourth-order valence-corrected chi connectivity index (χ4v) is 3.23. The van der Waals surface area contributed by atoms with Gasteiger partial charge in [0.2, 0.25) is 5.91 Å². The number of unbranched alkanes of at least 4 members (excludes halogenated alkanes) is 1. The Morgan fingerprint density at radius 3 is 2.62 bits per heavy atom. The number of phenols is 1. The van der Waals surface area contributed by atoms with Gasteiger partial charge in [-0.3, -0.25) is 4.79 Å². The van der Waals surface area contributed by atoms with Crippen molar-refractivity contribution in [3.63, 3.8) is 0 Å². The molecule has 3 nitrogen and oxygen atoms in total. The number of aryl methyl sites for hydroxylation is 1. The van der Waals surface area contributed by atoms with Gasteiger partial charge < -0.3 is 10.4 Å². The number of amides is 1. The van der Waals surface area contributed by atoms with Crippen molar-refractivity contribution >= 4 is 11.6 Å². The van der Waals surface area contributed by atoms with Crippen molar-refractivity contribution in [1.82, 2.24) is 0 Å². The molecule has 0 aromatic heterocycles. The summed E-state index contributed by atoms with van der Waals surface area (Å²) in [4.78, 5) is 12.4. The van der Waals surface area contributed by atoms with Crippen LogP contribution in [0.25, 0.3) is 0 Å². The third-order valence-corrected chi connectivity index (χ3v) is 4.65. The van der Waals surface area contributed by atoms with Crippen LogP contribution in [0.3, 0.4) is 0 Å². The van der Waals surface area contributed by atoms with Crippen molar-refractivity contribution in [2.24, 2.45) is 11.8 Å². The van der Waals surface area contributed by atoms with Gasteiger partial charge in [-0.15, -0.1) is 0 Å². The lowest BCUT2D eigenvalue weighted by Gasteiger charge is -2.27. The highest BCUT2D eigenvalue weighted by Crippen LogP contribution is 2.33. The topological polar surface area (TPSA) is 49.3 Å². The lowest BCUT2D eigenvalue weighted by Crippen LogP contribution is -2.27. The zero-order valence-corrected chi connectivity index (χ0v) is 13.2. The van der Waals surface area contributed by atoms with Crippen molar-refractivity contribution in [3.8, 4) is 5.75 Å². The van der Waals surface area contributed by atoms with Crippen molar-refractivity contribution < 1.29 is 9.90 Å². The summed E-state index contributed by atoms with van der Waals surface area (Å²) in [6.45, 7) is 4.13. The van der Waals surface area contributed by atoms with Crippen molar-refractivity contribution in [2.75, 3.05) is 5.32 Å². The predicted molar refractivity (Wildman–Crippen MR) is 86.4 cm³/mol. The second kappa shape index (κ2) is 7.48. The molecule has 1 aliphatic rings. The van der Waals surface area contributed by atoms with Crippen molar-refractivity contribution in [2.45, 2.75) is 58.8 Å². The van der Waals surface area contributed by atoms with E-state index in [0.29, 0.717) is 0 Å². The summed E-state index contributed by atoms with van der Waals surface area (Å²) in [5.41, 5.74) is 1.71. The number of rotatable bonds is 5. The van der Waals surface area contributed by atoms with E-state index in [9.17, 15) is 9.90 Å². The predicted octanol–water partition coefficient (Wildman–Crippen LogP) is 4.64. The number of hydrogen-bond acceptors (Lipinski definition) is 2. The third-order valence-electron chi connectivity index (χ3n) is 4.65. The standard InChI is InChI=1S/C18H27NO2/c1-3-4-5-14-6-8-15(9-7-14)18(21)19-17-11-10-16(20)12-13(17)2/h10-12,14-15,20H,3-9H2,1-2H3,(H,19,21). The van der Waals surface area contributed by atoms with Gasteiger partial charge in [-0.25, -0.2) is 0 Å². The molecule has 3 heteroatoms. The van der Waals surface area contributed by atoms with Gasteiger partial charge in [0.15, 0.2) is 0 Å². The summed E-state index contributed by atoms with van der Waals surface area (Å²) in [6, 6.07) is 5.07. The molecule has 2 N–H and O–H groups in total. The zero-order chi connectivity index (χ0) is 15.2. The highest BCUT2D eigenvalue weighted by Gasteiger charge is 2.26. The maximum absolute atomic E-state index is 12.4. The van der Waals surface area contributed by atoms with Crippen LogP contribution >= 0.6 is 0 Å². The van der Waals surface area contributed by atoms with Crippen LogP contribution < -0.4 is 5.32 Å². The minimum Gasteiger partial charge on any atom is -0.508 e. The van der Waals surface area contributed by atoms with Gasteiger partial charge in [-0.2, -0.15) is 0 Å². The largest absolute Gasteiger partial charge is 0.508 e. The summed E-state index contributed by atoms with van der Waals surface area (Å²) < 4.78 is 0. The average molecular weight is 289 g/mol. The molecule has 0 bridgehead atoms. The number of carbonyl (C=O) groups excluding carboxylic acids is 1. The molecule has 0 saturated heterocycles. The summed E-state index contributed by atoms with van der Waals surface area (Å²) in [5, 5.41) is 12.4. The maximum atomic E-state index is 12.4. The third kappa shape index (κ3) is 4.48. The van der Waals surface area contributed by atoms with E-state index in [0.717, 1.165) is 30.0 Å². The molecule has 0 heterocycles. The monoisotopic (exact) mass is 289 g/mol. The van der Waals surface area contributed by atoms with E-state index in [1.54, 1.807) is 18.2 Å². The normalized spacial score (nSPS) is 22.0. The Labute approximate surface area is 127 Å². The minimum atomic E-state index is 0.137. The molecule has 0 aliphatic heterocycles. The SMILES string of the molecule is CCCCC1CCC(C(=O)Nc2ccc(O)cc2C)CC1. The zero-order valence-electron chi connectivity index (χ0n) is 13.2. The van der Waals surface area contributed by atoms with E-state index in [1.165, 1.54) is 32.1 Å². The van der Waals surface area contributed by atoms with Gasteiger partial charge in [0.1, 0.15) is 5.75 Å². The van der Waals surface area contributed by atoms with E-state index in [1.807, 2.05) is 6.92 Å². The smallest absolute Gasteiger partial charge is 0.227 e. The summed E-state index contributed by atoms with van der Waals surface area (Å²) in [5.74, 6) is 1.35. The lowest BCUT2D eigenvalue weighted by atomic mass is 9.79. The molecule has 1 amide bonds. The summed E-state index contributed by atoms with van der Waals surface area (Å²) in [7, 11) is 0. The fourth-order valence-electron chi connectivity index (χ4n) is 3.23.